The lowest BCUT2D eigenvalue weighted by molar-refractivity contribution is -0.135. The molecule has 1 saturated carbocycles. The molecule has 0 bridgehead atoms. The number of hydrogen-bond acceptors (Lipinski definition) is 2. The van der Waals surface area contributed by atoms with Crippen LogP contribution in [0.4, 0.5) is 0 Å². The van der Waals surface area contributed by atoms with Gasteiger partial charge in [0.2, 0.25) is 0 Å². The van der Waals surface area contributed by atoms with Crippen LogP contribution in [-0.4, -0.2) is 17.4 Å². The fraction of sp³-hybridized carbons (Fsp3) is 0.850. The molecule has 2 rings (SSSR count). The third-order valence-corrected chi connectivity index (χ3v) is 6.18. The molecule has 22 heavy (non-hydrogen) atoms. The van der Waals surface area contributed by atoms with E-state index in [1.54, 1.807) is 0 Å². The quantitative estimate of drug-likeness (QED) is 0.688. The van der Waals surface area contributed by atoms with Gasteiger partial charge in [0.25, 0.3) is 0 Å². The monoisotopic (exact) mass is 305 g/mol. The van der Waals surface area contributed by atoms with Gasteiger partial charge in [-0.25, -0.2) is 0 Å². The standard InChI is InChI=1S/C20H35NO/c1-14(2)17(18(22)19(3,4)15-12-9-13-15)21-20(5,6)16-10-7-8-11-16/h7,10,14-17,21H,8-9,11-13H2,1-6H3. The van der Waals surface area contributed by atoms with E-state index in [0.29, 0.717) is 23.5 Å². The van der Waals surface area contributed by atoms with Crippen molar-refractivity contribution in [3.05, 3.63) is 12.2 Å². The van der Waals surface area contributed by atoms with Gasteiger partial charge in [-0.3, -0.25) is 4.79 Å². The first-order valence-electron chi connectivity index (χ1n) is 9.15. The molecule has 0 aromatic heterocycles. The predicted molar refractivity (Wildman–Crippen MR) is 93.8 cm³/mol. The zero-order valence-corrected chi connectivity index (χ0v) is 15.4. The summed E-state index contributed by atoms with van der Waals surface area (Å²) in [5.41, 5.74) is -0.213. The Morgan fingerprint density at radius 1 is 1.14 bits per heavy atom. The van der Waals surface area contributed by atoms with Gasteiger partial charge in [0.1, 0.15) is 0 Å². The van der Waals surface area contributed by atoms with E-state index in [1.807, 2.05) is 0 Å². The first kappa shape index (κ1) is 17.7. The molecule has 0 aliphatic heterocycles. The first-order valence-corrected chi connectivity index (χ1v) is 9.15. The summed E-state index contributed by atoms with van der Waals surface area (Å²) in [5.74, 6) is 1.87. The van der Waals surface area contributed by atoms with E-state index in [2.05, 4.69) is 59.0 Å². The number of ketones is 1. The Hall–Kier alpha value is -0.630. The summed E-state index contributed by atoms with van der Waals surface area (Å²) in [6.07, 6.45) is 10.7. The van der Waals surface area contributed by atoms with Gasteiger partial charge in [-0.05, 0) is 57.3 Å². The van der Waals surface area contributed by atoms with Crippen molar-refractivity contribution in [2.45, 2.75) is 85.2 Å². The minimum Gasteiger partial charge on any atom is -0.302 e. The number of Topliss-reactive ketones (excluding diaryl/α,β-unsaturated/α-hetero) is 1. The summed E-state index contributed by atoms with van der Waals surface area (Å²) in [6.45, 7) is 13.2. The van der Waals surface area contributed by atoms with Crippen molar-refractivity contribution < 1.29 is 4.79 Å². The molecule has 0 amide bonds. The van der Waals surface area contributed by atoms with Gasteiger partial charge in [-0.1, -0.05) is 46.3 Å². The fourth-order valence-corrected chi connectivity index (χ4v) is 4.01. The summed E-state index contributed by atoms with van der Waals surface area (Å²) in [5, 5.41) is 3.74. The lowest BCUT2D eigenvalue weighted by Gasteiger charge is -2.44. The number of nitrogens with one attached hydrogen (secondary N) is 1. The van der Waals surface area contributed by atoms with Crippen LogP contribution in [-0.2, 0) is 4.79 Å². The van der Waals surface area contributed by atoms with Crippen LogP contribution < -0.4 is 5.32 Å². The molecule has 2 heteroatoms. The van der Waals surface area contributed by atoms with Gasteiger partial charge < -0.3 is 5.32 Å². The van der Waals surface area contributed by atoms with Crippen molar-refractivity contribution in [2.24, 2.45) is 23.2 Å². The summed E-state index contributed by atoms with van der Waals surface area (Å²) >= 11 is 0. The average molecular weight is 306 g/mol. The van der Waals surface area contributed by atoms with Crippen LogP contribution >= 0.6 is 0 Å². The maximum Gasteiger partial charge on any atom is 0.155 e. The van der Waals surface area contributed by atoms with E-state index in [0.717, 1.165) is 0 Å². The summed E-state index contributed by atoms with van der Waals surface area (Å²) < 4.78 is 0. The molecule has 0 spiro atoms. The lowest BCUT2D eigenvalue weighted by atomic mass is 9.63. The van der Waals surface area contributed by atoms with Crippen molar-refractivity contribution >= 4 is 5.78 Å². The topological polar surface area (TPSA) is 29.1 Å². The van der Waals surface area contributed by atoms with Gasteiger partial charge in [0.15, 0.2) is 5.78 Å². The van der Waals surface area contributed by atoms with Crippen molar-refractivity contribution in [1.29, 1.82) is 0 Å². The molecule has 126 valence electrons. The maximum absolute atomic E-state index is 13.3. The first-order chi connectivity index (χ1) is 10.2. The Kier molecular flexibility index (Phi) is 5.21. The molecule has 1 N–H and O–H groups in total. The lowest BCUT2D eigenvalue weighted by Crippen LogP contribution is -2.58. The third kappa shape index (κ3) is 3.48. The van der Waals surface area contributed by atoms with Gasteiger partial charge in [0.05, 0.1) is 6.04 Å². The Morgan fingerprint density at radius 2 is 1.77 bits per heavy atom. The maximum atomic E-state index is 13.3. The van der Waals surface area contributed by atoms with Crippen LogP contribution in [0.25, 0.3) is 0 Å². The van der Waals surface area contributed by atoms with Crippen LogP contribution in [0, 0.1) is 23.2 Å². The largest absolute Gasteiger partial charge is 0.302 e. The molecule has 0 heterocycles. The van der Waals surface area contributed by atoms with Gasteiger partial charge in [-0.15, -0.1) is 0 Å². The highest BCUT2D eigenvalue weighted by Gasteiger charge is 2.45. The third-order valence-electron chi connectivity index (χ3n) is 6.18. The highest BCUT2D eigenvalue weighted by atomic mass is 16.1. The highest BCUT2D eigenvalue weighted by molar-refractivity contribution is 5.89. The molecule has 0 radical (unpaired) electrons. The number of allylic oxidation sites excluding steroid dienone is 1. The molecule has 0 saturated heterocycles. The Bertz CT molecular complexity index is 429. The van der Waals surface area contributed by atoms with E-state index in [4.69, 9.17) is 0 Å². The second-order valence-electron chi connectivity index (χ2n) is 8.91. The van der Waals surface area contributed by atoms with Crippen LogP contribution in [0.2, 0.25) is 0 Å². The molecule has 1 fully saturated rings. The molecule has 2 aliphatic carbocycles. The Balaban J connectivity index is 2.12. The van der Waals surface area contributed by atoms with Crippen molar-refractivity contribution in [2.75, 3.05) is 0 Å². The molecular weight excluding hydrogens is 270 g/mol. The van der Waals surface area contributed by atoms with Crippen LogP contribution in [0.1, 0.15) is 73.6 Å². The van der Waals surface area contributed by atoms with Gasteiger partial charge in [-0.2, -0.15) is 0 Å². The minimum atomic E-state index is -0.193. The number of carbonyl (C=O) groups is 1. The second kappa shape index (κ2) is 6.47. The van der Waals surface area contributed by atoms with E-state index in [1.165, 1.54) is 32.1 Å². The van der Waals surface area contributed by atoms with Gasteiger partial charge >= 0.3 is 0 Å². The van der Waals surface area contributed by atoms with Crippen LogP contribution in [0.3, 0.4) is 0 Å². The summed E-state index contributed by atoms with van der Waals surface area (Å²) in [6, 6.07) is -0.0420. The molecule has 0 aromatic rings. The number of rotatable bonds is 7. The highest BCUT2D eigenvalue weighted by Crippen LogP contribution is 2.43. The van der Waals surface area contributed by atoms with Crippen molar-refractivity contribution in [3.8, 4) is 0 Å². The predicted octanol–water partition coefficient (Wildman–Crippen LogP) is 4.74. The summed E-state index contributed by atoms with van der Waals surface area (Å²) in [7, 11) is 0. The van der Waals surface area contributed by atoms with Crippen LogP contribution in [0.5, 0.6) is 0 Å². The molecule has 2 aliphatic rings. The van der Waals surface area contributed by atoms with E-state index in [-0.39, 0.29) is 17.0 Å². The van der Waals surface area contributed by atoms with E-state index < -0.39 is 0 Å². The molecule has 2 unspecified atom stereocenters. The normalized spacial score (nSPS) is 24.6. The Morgan fingerprint density at radius 3 is 2.18 bits per heavy atom. The molecule has 0 aromatic carbocycles. The number of carbonyl (C=O) groups excluding carboxylic acids is 1. The Labute approximate surface area is 137 Å². The van der Waals surface area contributed by atoms with Crippen molar-refractivity contribution in [3.63, 3.8) is 0 Å². The molecule has 2 atom stereocenters. The molecule has 2 nitrogen and oxygen atoms in total. The van der Waals surface area contributed by atoms with E-state index >= 15 is 0 Å². The summed E-state index contributed by atoms with van der Waals surface area (Å²) in [4.78, 5) is 13.3. The minimum absolute atomic E-state index is 0.0205. The fourth-order valence-electron chi connectivity index (χ4n) is 4.01. The molecular formula is C20H35NO. The zero-order chi connectivity index (χ0) is 16.5. The van der Waals surface area contributed by atoms with Crippen molar-refractivity contribution in [1.82, 2.24) is 5.32 Å². The van der Waals surface area contributed by atoms with E-state index in [9.17, 15) is 4.79 Å². The zero-order valence-electron chi connectivity index (χ0n) is 15.4. The smallest absolute Gasteiger partial charge is 0.155 e. The SMILES string of the molecule is CC(C)C(NC(C)(C)C1C=CCC1)C(=O)C(C)(C)C1CCC1. The van der Waals surface area contributed by atoms with Crippen LogP contribution in [0.15, 0.2) is 12.2 Å². The average Bonchev–Trinajstić information content (AvgIpc) is 2.86. The van der Waals surface area contributed by atoms with Gasteiger partial charge in [0, 0.05) is 11.0 Å². The second-order valence-corrected chi connectivity index (χ2v) is 8.91. The number of hydrogen-bond donors (Lipinski definition) is 1.